The average molecular weight is 432 g/mol. The summed E-state index contributed by atoms with van der Waals surface area (Å²) in [6.07, 6.45) is 0.921. The standard InChI is InChI=1S/C17H18O2S.F6P/c1-12-3-5-14(6-4-12)11-17(20)15-7-9-16(10-8-15)19-13(2)18;1-7(2,3,4,5)6/h3-10,17,20H,11H2,1-2H3;/q;-1/p+1. The number of halogens is 6. The maximum atomic E-state index is 10.9. The van der Waals surface area contributed by atoms with Gasteiger partial charge in [-0.25, -0.2) is 0 Å². The molecule has 0 saturated carbocycles. The summed E-state index contributed by atoms with van der Waals surface area (Å²) in [5.41, 5.74) is 3.72. The number of carbonyl (C=O) groups excluding carboxylic acids is 1. The molecule has 152 valence electrons. The third-order valence-electron chi connectivity index (χ3n) is 3.10. The van der Waals surface area contributed by atoms with Crippen LogP contribution in [0.3, 0.4) is 0 Å². The van der Waals surface area contributed by atoms with E-state index in [1.54, 1.807) is 0 Å². The number of aryl methyl sites for hydroxylation is 1. The first-order chi connectivity index (χ1) is 12.0. The Balaban J connectivity index is 0.000000445. The molecule has 0 spiro atoms. The fraction of sp³-hybridized carbons (Fsp3) is 0.235. The molecule has 0 fully saturated rings. The number of ether oxygens (including phenoxy) is 1. The van der Waals surface area contributed by atoms with Crippen LogP contribution in [0.4, 0.5) is 25.2 Å². The topological polar surface area (TPSA) is 26.3 Å². The van der Waals surface area contributed by atoms with Crippen molar-refractivity contribution in [3.63, 3.8) is 0 Å². The molecule has 10 heteroatoms. The van der Waals surface area contributed by atoms with E-state index in [1.165, 1.54) is 18.1 Å². The molecule has 0 aliphatic carbocycles. The fourth-order valence-corrected chi connectivity index (χ4v) is 2.44. The van der Waals surface area contributed by atoms with E-state index < -0.39 is 7.81 Å². The molecule has 0 aromatic heterocycles. The molecule has 0 aliphatic heterocycles. The third kappa shape index (κ3) is 13.1. The average Bonchev–Trinajstić information content (AvgIpc) is 2.46. The SMILES string of the molecule is CC(=O)Oc1ccc(C([SH2+])Cc2ccc(C)cc2)cc1.F[P-](F)(F)(F)(F)F. The van der Waals surface area contributed by atoms with E-state index >= 15 is 0 Å². The van der Waals surface area contributed by atoms with Crippen molar-refractivity contribution in [3.8, 4) is 5.75 Å². The van der Waals surface area contributed by atoms with Gasteiger partial charge in [0.25, 0.3) is 0 Å². The molecular weight excluding hydrogens is 413 g/mol. The van der Waals surface area contributed by atoms with Crippen LogP contribution in [-0.2, 0) is 23.8 Å². The van der Waals surface area contributed by atoms with Gasteiger partial charge in [-0.3, -0.25) is 4.79 Å². The molecule has 0 heterocycles. The Hall–Kier alpha value is -1.73. The summed E-state index contributed by atoms with van der Waals surface area (Å²) in [4.78, 5) is 10.9. The van der Waals surface area contributed by atoms with Gasteiger partial charge in [0.1, 0.15) is 11.0 Å². The molecule has 2 nitrogen and oxygen atoms in total. The minimum absolute atomic E-state index is 0.240. The second kappa shape index (κ2) is 7.72. The van der Waals surface area contributed by atoms with E-state index in [1.807, 2.05) is 24.3 Å². The van der Waals surface area contributed by atoms with Crippen LogP contribution >= 0.6 is 7.81 Å². The van der Waals surface area contributed by atoms with E-state index in [4.69, 9.17) is 4.74 Å². The van der Waals surface area contributed by atoms with Gasteiger partial charge in [0, 0.05) is 18.9 Å². The summed E-state index contributed by atoms with van der Waals surface area (Å²) >= 11 is 3.76. The second-order valence-corrected chi connectivity index (χ2v) is 8.48. The van der Waals surface area contributed by atoms with Gasteiger partial charge in [-0.2, -0.15) is 0 Å². The van der Waals surface area contributed by atoms with Gasteiger partial charge in [-0.05, 0) is 37.2 Å². The van der Waals surface area contributed by atoms with Gasteiger partial charge in [0.2, 0.25) is 0 Å². The van der Waals surface area contributed by atoms with Crippen LogP contribution in [0.5, 0.6) is 5.75 Å². The monoisotopic (exact) mass is 432 g/mol. The van der Waals surface area contributed by atoms with Crippen molar-refractivity contribution in [1.82, 2.24) is 0 Å². The molecule has 0 radical (unpaired) electrons. The van der Waals surface area contributed by atoms with Crippen molar-refractivity contribution in [1.29, 1.82) is 0 Å². The zero-order valence-corrected chi connectivity index (χ0v) is 16.3. The van der Waals surface area contributed by atoms with E-state index in [0.29, 0.717) is 5.75 Å². The number of carbonyl (C=O) groups is 1. The van der Waals surface area contributed by atoms with Crippen molar-refractivity contribution in [2.45, 2.75) is 25.5 Å². The Kier molecular flexibility index (Phi) is 6.66. The summed E-state index contributed by atoms with van der Waals surface area (Å²) in [5, 5.41) is 0.240. The Labute approximate surface area is 158 Å². The molecule has 27 heavy (non-hydrogen) atoms. The van der Waals surface area contributed by atoms with Crippen LogP contribution in [0.2, 0.25) is 0 Å². The summed E-state index contributed by atoms with van der Waals surface area (Å²) in [6, 6.07) is 16.1. The van der Waals surface area contributed by atoms with Crippen molar-refractivity contribution in [2.75, 3.05) is 0 Å². The van der Waals surface area contributed by atoms with Crippen molar-refractivity contribution in [2.24, 2.45) is 0 Å². The molecular formula is C17H19F6O2PS. The number of hydrogen-bond acceptors (Lipinski definition) is 2. The predicted molar refractivity (Wildman–Crippen MR) is 99.1 cm³/mol. The number of benzene rings is 2. The van der Waals surface area contributed by atoms with E-state index in [9.17, 15) is 30.0 Å². The normalized spacial score (nSPS) is 14.9. The molecule has 2 rings (SSSR count). The molecule has 0 saturated heterocycles. The quantitative estimate of drug-likeness (QED) is 0.179. The van der Waals surface area contributed by atoms with E-state index in [0.717, 1.165) is 12.0 Å². The van der Waals surface area contributed by atoms with Crippen LogP contribution in [0.15, 0.2) is 48.5 Å². The first kappa shape index (κ1) is 23.3. The summed E-state index contributed by atoms with van der Waals surface area (Å²) in [6.45, 7) is 3.49. The second-order valence-electron chi connectivity index (χ2n) is 5.86. The Morgan fingerprint density at radius 3 is 1.81 bits per heavy atom. The van der Waals surface area contributed by atoms with Gasteiger partial charge in [-0.1, -0.05) is 42.0 Å². The molecule has 0 amide bonds. The van der Waals surface area contributed by atoms with Crippen molar-refractivity contribution < 1.29 is 34.7 Å². The van der Waals surface area contributed by atoms with Crippen LogP contribution in [0.1, 0.15) is 28.9 Å². The number of hydrogen-bond donors (Lipinski definition) is 0. The van der Waals surface area contributed by atoms with Crippen molar-refractivity contribution in [3.05, 3.63) is 65.2 Å². The predicted octanol–water partition coefficient (Wildman–Crippen LogP) is 6.60. The molecule has 2 aromatic carbocycles. The van der Waals surface area contributed by atoms with Crippen molar-refractivity contribution >= 4 is 26.4 Å². The minimum atomic E-state index is -10.7. The van der Waals surface area contributed by atoms with Crippen LogP contribution in [-0.4, -0.2) is 5.97 Å². The molecule has 1 unspecified atom stereocenters. The zero-order chi connectivity index (χ0) is 20.9. The third-order valence-corrected chi connectivity index (χ3v) is 3.64. The van der Waals surface area contributed by atoms with Crippen LogP contribution in [0.25, 0.3) is 0 Å². The molecule has 0 aliphatic rings. The Bertz CT molecular complexity index is 763. The molecule has 0 N–H and O–H groups in total. The van der Waals surface area contributed by atoms with Gasteiger partial charge >= 0.3 is 39.0 Å². The van der Waals surface area contributed by atoms with Gasteiger partial charge < -0.3 is 4.74 Å². The zero-order valence-electron chi connectivity index (χ0n) is 14.4. The number of esters is 1. The first-order valence-corrected chi connectivity index (χ1v) is 10.2. The van der Waals surface area contributed by atoms with Gasteiger partial charge in [0.15, 0.2) is 0 Å². The molecule has 1 atom stereocenters. The Morgan fingerprint density at radius 2 is 1.41 bits per heavy atom. The van der Waals surface area contributed by atoms with Crippen LogP contribution < -0.4 is 4.74 Å². The summed E-state index contributed by atoms with van der Waals surface area (Å²) < 4.78 is 64.2. The van der Waals surface area contributed by atoms with Gasteiger partial charge in [0.05, 0.1) is 0 Å². The fourth-order valence-electron chi connectivity index (χ4n) is 2.01. The number of rotatable bonds is 4. The molecule has 2 aromatic rings. The van der Waals surface area contributed by atoms with E-state index in [2.05, 4.69) is 43.8 Å². The van der Waals surface area contributed by atoms with Gasteiger partial charge in [-0.15, -0.1) is 0 Å². The Morgan fingerprint density at radius 1 is 0.963 bits per heavy atom. The molecule has 0 bridgehead atoms. The summed E-state index contributed by atoms with van der Waals surface area (Å²) in [5.74, 6) is 0.280. The summed E-state index contributed by atoms with van der Waals surface area (Å²) in [7, 11) is -10.7. The first-order valence-electron chi connectivity index (χ1n) is 7.61. The van der Waals surface area contributed by atoms with E-state index in [-0.39, 0.29) is 11.2 Å². The maximum absolute atomic E-state index is 10.9. The van der Waals surface area contributed by atoms with Crippen LogP contribution in [0, 0.1) is 6.92 Å².